The van der Waals surface area contributed by atoms with Gasteiger partial charge >= 0.3 is 12.1 Å². The normalized spacial score (nSPS) is 12.7. The lowest BCUT2D eigenvalue weighted by Gasteiger charge is -2.22. The number of rotatable bonds is 13. The van der Waals surface area contributed by atoms with Crippen molar-refractivity contribution in [2.24, 2.45) is 0 Å². The van der Waals surface area contributed by atoms with Crippen LogP contribution in [0.25, 0.3) is 0 Å². The summed E-state index contributed by atoms with van der Waals surface area (Å²) in [6.07, 6.45) is 11.8. The lowest BCUT2D eigenvalue weighted by atomic mass is 10.0. The zero-order chi connectivity index (χ0) is 18.4. The van der Waals surface area contributed by atoms with Crippen LogP contribution in [0.4, 0.5) is 4.79 Å². The Morgan fingerprint density at radius 3 is 1.79 bits per heavy atom. The highest BCUT2D eigenvalue weighted by atomic mass is 16.6. The highest BCUT2D eigenvalue weighted by Crippen LogP contribution is 2.13. The van der Waals surface area contributed by atoms with E-state index in [2.05, 4.69) is 12.2 Å². The summed E-state index contributed by atoms with van der Waals surface area (Å²) in [5.41, 5.74) is -0.621. The van der Waals surface area contributed by atoms with Gasteiger partial charge in [0.15, 0.2) is 0 Å². The number of ether oxygens (including phenoxy) is 1. The molecule has 0 aliphatic rings. The van der Waals surface area contributed by atoms with Gasteiger partial charge in [-0.1, -0.05) is 71.1 Å². The number of amides is 1. The third-order valence-corrected chi connectivity index (χ3v) is 3.84. The minimum absolute atomic E-state index is 0.449. The van der Waals surface area contributed by atoms with Gasteiger partial charge in [-0.25, -0.2) is 9.59 Å². The quantitative estimate of drug-likeness (QED) is 0.446. The Hall–Kier alpha value is -1.26. The molecule has 1 atom stereocenters. The number of carboxylic acids is 1. The van der Waals surface area contributed by atoms with Crippen molar-refractivity contribution in [2.75, 3.05) is 0 Å². The maximum absolute atomic E-state index is 11.7. The fraction of sp³-hybridized carbons (Fsp3) is 0.895. The number of nitrogens with one attached hydrogen (secondary N) is 1. The van der Waals surface area contributed by atoms with Crippen molar-refractivity contribution >= 4 is 12.1 Å². The van der Waals surface area contributed by atoms with Crippen LogP contribution in [-0.2, 0) is 9.53 Å². The van der Waals surface area contributed by atoms with Crippen LogP contribution in [0.1, 0.15) is 98.3 Å². The lowest BCUT2D eigenvalue weighted by molar-refractivity contribution is -0.139. The molecular weight excluding hydrogens is 306 g/mol. The number of carboxylic acid groups (broad SMARTS) is 1. The van der Waals surface area contributed by atoms with Gasteiger partial charge in [-0.05, 0) is 27.2 Å². The molecule has 0 unspecified atom stereocenters. The first-order chi connectivity index (χ1) is 11.3. The van der Waals surface area contributed by atoms with Crippen molar-refractivity contribution in [2.45, 2.75) is 110 Å². The van der Waals surface area contributed by atoms with Gasteiger partial charge in [0.05, 0.1) is 0 Å². The second-order valence-corrected chi connectivity index (χ2v) is 7.51. The Balaban J connectivity index is 3.76. The van der Waals surface area contributed by atoms with E-state index in [1.807, 2.05) is 0 Å². The number of aliphatic carboxylic acids is 1. The molecule has 5 nitrogen and oxygen atoms in total. The maximum atomic E-state index is 11.7. The summed E-state index contributed by atoms with van der Waals surface area (Å²) < 4.78 is 5.10. The van der Waals surface area contributed by atoms with Gasteiger partial charge in [0.25, 0.3) is 0 Å². The van der Waals surface area contributed by atoms with Crippen molar-refractivity contribution in [1.82, 2.24) is 5.32 Å². The molecule has 0 saturated heterocycles. The number of carbonyl (C=O) groups is 2. The summed E-state index contributed by atoms with van der Waals surface area (Å²) in [7, 11) is 0. The first-order valence-electron chi connectivity index (χ1n) is 9.48. The molecule has 5 heteroatoms. The molecule has 0 heterocycles. The van der Waals surface area contributed by atoms with Gasteiger partial charge in [-0.3, -0.25) is 0 Å². The van der Waals surface area contributed by atoms with Gasteiger partial charge < -0.3 is 15.2 Å². The minimum atomic E-state index is -1.00. The van der Waals surface area contributed by atoms with E-state index < -0.39 is 23.7 Å². The van der Waals surface area contributed by atoms with Gasteiger partial charge in [-0.2, -0.15) is 0 Å². The van der Waals surface area contributed by atoms with E-state index in [1.165, 1.54) is 44.9 Å². The van der Waals surface area contributed by atoms with Crippen molar-refractivity contribution in [1.29, 1.82) is 0 Å². The minimum Gasteiger partial charge on any atom is -0.480 e. The average molecular weight is 344 g/mol. The van der Waals surface area contributed by atoms with E-state index in [9.17, 15) is 14.7 Å². The molecule has 0 aliphatic carbocycles. The van der Waals surface area contributed by atoms with E-state index in [1.54, 1.807) is 20.8 Å². The summed E-state index contributed by atoms with van der Waals surface area (Å²) >= 11 is 0. The number of hydrogen-bond acceptors (Lipinski definition) is 3. The summed E-state index contributed by atoms with van der Waals surface area (Å²) in [4.78, 5) is 22.9. The van der Waals surface area contributed by atoms with Crippen LogP contribution >= 0.6 is 0 Å². The second-order valence-electron chi connectivity index (χ2n) is 7.51. The maximum Gasteiger partial charge on any atom is 0.408 e. The molecule has 0 aromatic heterocycles. The largest absolute Gasteiger partial charge is 0.480 e. The highest BCUT2D eigenvalue weighted by molar-refractivity contribution is 5.79. The van der Waals surface area contributed by atoms with Crippen molar-refractivity contribution in [3.05, 3.63) is 0 Å². The Morgan fingerprint density at radius 1 is 0.917 bits per heavy atom. The van der Waals surface area contributed by atoms with Gasteiger partial charge in [-0.15, -0.1) is 0 Å². The predicted molar refractivity (Wildman–Crippen MR) is 97.3 cm³/mol. The number of hydrogen-bond donors (Lipinski definition) is 2. The standard InChI is InChI=1S/C19H37NO4/c1-5-6-7-8-9-10-11-12-13-14-15-16(17(21)22)20-18(23)24-19(2,3)4/h16H,5-15H2,1-4H3,(H,20,23)(H,21,22)/t16-/m0/s1. The topological polar surface area (TPSA) is 75.6 Å². The average Bonchev–Trinajstić information content (AvgIpc) is 2.45. The van der Waals surface area contributed by atoms with Crippen LogP contribution in [0.3, 0.4) is 0 Å². The zero-order valence-corrected chi connectivity index (χ0v) is 16.0. The van der Waals surface area contributed by atoms with Crippen LogP contribution in [0.5, 0.6) is 0 Å². The van der Waals surface area contributed by atoms with Crippen LogP contribution in [0, 0.1) is 0 Å². The third-order valence-electron chi connectivity index (χ3n) is 3.84. The Morgan fingerprint density at radius 2 is 1.38 bits per heavy atom. The van der Waals surface area contributed by atoms with Crippen LogP contribution in [0.15, 0.2) is 0 Å². The molecule has 0 saturated carbocycles. The molecule has 0 aromatic carbocycles. The summed E-state index contributed by atoms with van der Waals surface area (Å²) in [5.74, 6) is -1.00. The van der Waals surface area contributed by atoms with E-state index in [0.717, 1.165) is 19.3 Å². The van der Waals surface area contributed by atoms with Crippen molar-refractivity contribution in [3.8, 4) is 0 Å². The lowest BCUT2D eigenvalue weighted by Crippen LogP contribution is -2.43. The van der Waals surface area contributed by atoms with E-state index in [4.69, 9.17) is 4.74 Å². The first kappa shape index (κ1) is 22.7. The zero-order valence-electron chi connectivity index (χ0n) is 16.0. The monoisotopic (exact) mass is 343 g/mol. The number of alkyl carbamates (subject to hydrolysis) is 1. The fourth-order valence-electron chi connectivity index (χ4n) is 2.54. The summed E-state index contributed by atoms with van der Waals surface area (Å²) in [6, 6.07) is -0.867. The molecule has 0 rings (SSSR count). The van der Waals surface area contributed by atoms with E-state index in [0.29, 0.717) is 6.42 Å². The van der Waals surface area contributed by atoms with E-state index in [-0.39, 0.29) is 0 Å². The molecule has 142 valence electrons. The predicted octanol–water partition coefficient (Wildman–Crippen LogP) is 5.28. The van der Waals surface area contributed by atoms with Crippen molar-refractivity contribution in [3.63, 3.8) is 0 Å². The molecule has 24 heavy (non-hydrogen) atoms. The number of unbranched alkanes of at least 4 members (excludes halogenated alkanes) is 9. The van der Waals surface area contributed by atoms with Crippen LogP contribution < -0.4 is 5.32 Å². The first-order valence-corrected chi connectivity index (χ1v) is 9.48. The van der Waals surface area contributed by atoms with E-state index >= 15 is 0 Å². The van der Waals surface area contributed by atoms with Crippen LogP contribution in [-0.4, -0.2) is 28.8 Å². The molecule has 0 aromatic rings. The molecule has 2 N–H and O–H groups in total. The molecule has 0 fully saturated rings. The molecule has 0 spiro atoms. The Labute approximate surface area is 147 Å². The second kappa shape index (κ2) is 13.1. The van der Waals surface area contributed by atoms with Gasteiger partial charge in [0.2, 0.25) is 0 Å². The van der Waals surface area contributed by atoms with Crippen molar-refractivity contribution < 1.29 is 19.4 Å². The molecule has 0 aliphatic heterocycles. The molecular formula is C19H37NO4. The Bertz CT molecular complexity index is 350. The summed E-state index contributed by atoms with van der Waals surface area (Å²) in [6.45, 7) is 7.49. The summed E-state index contributed by atoms with van der Waals surface area (Å²) in [5, 5.41) is 11.6. The highest BCUT2D eigenvalue weighted by Gasteiger charge is 2.23. The van der Waals surface area contributed by atoms with Gasteiger partial charge in [0.1, 0.15) is 11.6 Å². The number of carbonyl (C=O) groups excluding carboxylic acids is 1. The SMILES string of the molecule is CCCCCCCCCCCC[C@H](NC(=O)OC(C)(C)C)C(=O)O. The third kappa shape index (κ3) is 14.3. The van der Waals surface area contributed by atoms with Crippen LogP contribution in [0.2, 0.25) is 0 Å². The Kier molecular flexibility index (Phi) is 12.4. The van der Waals surface area contributed by atoms with Gasteiger partial charge in [0, 0.05) is 0 Å². The molecule has 0 radical (unpaired) electrons. The molecule has 1 amide bonds. The fourth-order valence-corrected chi connectivity index (χ4v) is 2.54. The smallest absolute Gasteiger partial charge is 0.408 e. The molecule has 0 bridgehead atoms.